The first-order valence-corrected chi connectivity index (χ1v) is 15.9. The third kappa shape index (κ3) is 10.5. The van der Waals surface area contributed by atoms with Gasteiger partial charge in [0, 0.05) is 32.1 Å². The van der Waals surface area contributed by atoms with Gasteiger partial charge < -0.3 is 28.5 Å². The Labute approximate surface area is 282 Å². The van der Waals surface area contributed by atoms with Crippen molar-refractivity contribution in [1.29, 1.82) is 0 Å². The SMILES string of the molecule is C.C.CCC(C(=O)Cc1c(C)cccc1C)N1CCCC1.CCC(C(=O)Cc1c(C)cccc1C)[N+]1(CC)CCCC1.[I-]. The summed E-state index contributed by atoms with van der Waals surface area (Å²) in [6.07, 6.45) is 8.15. The number of rotatable bonds is 11. The van der Waals surface area contributed by atoms with Crippen LogP contribution in [-0.2, 0) is 22.4 Å². The van der Waals surface area contributed by atoms with Gasteiger partial charge in [-0.05, 0) is 100 Å². The molecule has 43 heavy (non-hydrogen) atoms. The lowest BCUT2D eigenvalue weighted by molar-refractivity contribution is -0.930. The minimum Gasteiger partial charge on any atom is -1.00 e. The Hall–Kier alpha value is -1.57. The fourth-order valence-corrected chi connectivity index (χ4v) is 7.32. The number of hydrogen-bond acceptors (Lipinski definition) is 3. The number of nitrogens with zero attached hydrogens (tertiary/aromatic N) is 2. The topological polar surface area (TPSA) is 37.4 Å². The van der Waals surface area contributed by atoms with Crippen LogP contribution in [0.4, 0.5) is 0 Å². The number of benzene rings is 2. The average molecular weight is 707 g/mol. The number of hydrogen-bond donors (Lipinski definition) is 0. The molecular weight excluding hydrogens is 643 g/mol. The van der Waals surface area contributed by atoms with Gasteiger partial charge in [-0.15, -0.1) is 0 Å². The van der Waals surface area contributed by atoms with E-state index in [9.17, 15) is 9.59 Å². The molecule has 4 rings (SSSR count). The molecule has 0 spiro atoms. The van der Waals surface area contributed by atoms with Gasteiger partial charge in [-0.25, -0.2) is 0 Å². The molecule has 2 unspecified atom stereocenters. The van der Waals surface area contributed by atoms with Crippen molar-refractivity contribution < 1.29 is 38.0 Å². The first kappa shape index (κ1) is 41.4. The molecule has 0 aliphatic carbocycles. The minimum absolute atomic E-state index is 0. The average Bonchev–Trinajstić information content (AvgIpc) is 3.63. The Morgan fingerprint density at radius 2 is 1.12 bits per heavy atom. The molecule has 244 valence electrons. The molecule has 0 aromatic heterocycles. The summed E-state index contributed by atoms with van der Waals surface area (Å²) in [5.74, 6) is 0.834. The van der Waals surface area contributed by atoms with Crippen LogP contribution < -0.4 is 24.0 Å². The van der Waals surface area contributed by atoms with E-state index in [-0.39, 0.29) is 50.9 Å². The largest absolute Gasteiger partial charge is 1.00 e. The van der Waals surface area contributed by atoms with Crippen LogP contribution in [0, 0.1) is 27.7 Å². The maximum Gasteiger partial charge on any atom is 0.194 e. The third-order valence-corrected chi connectivity index (χ3v) is 9.84. The molecule has 5 heteroatoms. The summed E-state index contributed by atoms with van der Waals surface area (Å²) in [7, 11) is 0. The Balaban J connectivity index is 0.000000770. The van der Waals surface area contributed by atoms with Crippen LogP contribution >= 0.6 is 0 Å². The molecule has 0 radical (unpaired) electrons. The zero-order valence-electron chi connectivity index (χ0n) is 26.9. The highest BCUT2D eigenvalue weighted by Crippen LogP contribution is 2.27. The van der Waals surface area contributed by atoms with E-state index < -0.39 is 0 Å². The lowest BCUT2D eigenvalue weighted by Crippen LogP contribution is -3.00. The van der Waals surface area contributed by atoms with Gasteiger partial charge in [-0.2, -0.15) is 0 Å². The normalized spacial score (nSPS) is 16.9. The summed E-state index contributed by atoms with van der Waals surface area (Å²) >= 11 is 0. The highest BCUT2D eigenvalue weighted by Gasteiger charge is 2.41. The van der Waals surface area contributed by atoms with Crippen LogP contribution in [0.1, 0.15) is 108 Å². The van der Waals surface area contributed by atoms with Gasteiger partial charge >= 0.3 is 0 Å². The fraction of sp³-hybridized carbons (Fsp3) is 0.632. The maximum absolute atomic E-state index is 13.0. The summed E-state index contributed by atoms with van der Waals surface area (Å²) in [5, 5.41) is 0. The molecule has 0 amide bonds. The third-order valence-electron chi connectivity index (χ3n) is 9.84. The molecule has 2 saturated heterocycles. The summed E-state index contributed by atoms with van der Waals surface area (Å²) in [6.45, 7) is 20.7. The van der Waals surface area contributed by atoms with Crippen molar-refractivity contribution >= 4 is 11.6 Å². The molecule has 2 aromatic rings. The maximum atomic E-state index is 13.0. The van der Waals surface area contributed by atoms with Gasteiger partial charge in [-0.3, -0.25) is 14.5 Å². The zero-order valence-corrected chi connectivity index (χ0v) is 29.1. The smallest absolute Gasteiger partial charge is 0.194 e. The van der Waals surface area contributed by atoms with E-state index in [1.807, 2.05) is 0 Å². The fourth-order valence-electron chi connectivity index (χ4n) is 7.32. The number of aryl methyl sites for hydroxylation is 4. The number of halogens is 1. The van der Waals surface area contributed by atoms with E-state index in [2.05, 4.69) is 89.8 Å². The Morgan fingerprint density at radius 1 is 0.698 bits per heavy atom. The van der Waals surface area contributed by atoms with E-state index in [1.165, 1.54) is 72.2 Å². The number of likely N-dealkylation sites (tertiary alicyclic amines) is 2. The number of likely N-dealkylation sites (N-methyl/N-ethyl adjacent to an activating group) is 1. The second kappa shape index (κ2) is 19.7. The molecule has 2 aliphatic heterocycles. The predicted octanol–water partition coefficient (Wildman–Crippen LogP) is 5.39. The first-order chi connectivity index (χ1) is 19.2. The second-order valence-electron chi connectivity index (χ2n) is 12.3. The number of carbonyl (C=O) groups excluding carboxylic acids is 2. The number of carbonyl (C=O) groups is 2. The van der Waals surface area contributed by atoms with Crippen molar-refractivity contribution in [1.82, 2.24) is 4.90 Å². The molecule has 0 bridgehead atoms. The van der Waals surface area contributed by atoms with Crippen molar-refractivity contribution in [3.05, 3.63) is 69.8 Å². The molecule has 2 fully saturated rings. The van der Waals surface area contributed by atoms with Gasteiger partial charge in [-0.1, -0.05) is 65.1 Å². The Morgan fingerprint density at radius 3 is 1.49 bits per heavy atom. The molecule has 2 aromatic carbocycles. The molecule has 2 atom stereocenters. The molecule has 0 N–H and O–H groups in total. The summed E-state index contributed by atoms with van der Waals surface area (Å²) in [5.41, 5.74) is 7.46. The summed E-state index contributed by atoms with van der Waals surface area (Å²) in [6, 6.07) is 12.9. The van der Waals surface area contributed by atoms with Crippen molar-refractivity contribution in [2.75, 3.05) is 32.7 Å². The molecule has 4 nitrogen and oxygen atoms in total. The predicted molar refractivity (Wildman–Crippen MR) is 181 cm³/mol. The molecule has 2 heterocycles. The quantitative estimate of drug-likeness (QED) is 0.233. The van der Waals surface area contributed by atoms with Crippen molar-refractivity contribution in [3.8, 4) is 0 Å². The standard InChI is InChI=1S/C19H30NO.C17H25NO.2CH4.HI/c1-5-18(20(6-2)12-7-8-13-20)19(21)14-17-15(3)10-9-11-16(17)4;1-4-16(18-10-5-6-11-18)17(19)12-15-13(2)8-7-9-14(15)3;;;/h9-11,18H,5-8,12-14H2,1-4H3;7-9,16H,4-6,10-12H2,1-3H3;2*1H4;1H/q+1;;;;/p-1. The number of quaternary nitrogens is 1. The zero-order chi connectivity index (χ0) is 29.3. The van der Waals surface area contributed by atoms with E-state index >= 15 is 0 Å². The van der Waals surface area contributed by atoms with Crippen LogP contribution in [0.2, 0.25) is 0 Å². The van der Waals surface area contributed by atoms with Crippen molar-refractivity contribution in [3.63, 3.8) is 0 Å². The van der Waals surface area contributed by atoms with E-state index in [0.29, 0.717) is 24.4 Å². The van der Waals surface area contributed by atoms with Crippen LogP contribution in [-0.4, -0.2) is 65.8 Å². The van der Waals surface area contributed by atoms with E-state index in [1.54, 1.807) is 0 Å². The van der Waals surface area contributed by atoms with Crippen LogP contribution in [0.15, 0.2) is 36.4 Å². The monoisotopic (exact) mass is 706 g/mol. The number of ketones is 2. The lowest BCUT2D eigenvalue weighted by Gasteiger charge is -2.39. The van der Waals surface area contributed by atoms with Crippen molar-refractivity contribution in [2.45, 2.75) is 127 Å². The van der Waals surface area contributed by atoms with Gasteiger partial charge in [0.2, 0.25) is 0 Å². The van der Waals surface area contributed by atoms with E-state index in [0.717, 1.165) is 37.0 Å². The van der Waals surface area contributed by atoms with Gasteiger partial charge in [0.1, 0.15) is 6.04 Å². The molecule has 2 aliphatic rings. The molecular formula is C38H63IN2O2. The summed E-state index contributed by atoms with van der Waals surface area (Å²) in [4.78, 5) is 27.9. The van der Waals surface area contributed by atoms with Gasteiger partial charge in [0.05, 0.1) is 25.7 Å². The van der Waals surface area contributed by atoms with Crippen LogP contribution in [0.25, 0.3) is 0 Å². The lowest BCUT2D eigenvalue weighted by atomic mass is 9.93. The van der Waals surface area contributed by atoms with Gasteiger partial charge in [0.25, 0.3) is 0 Å². The summed E-state index contributed by atoms with van der Waals surface area (Å²) < 4.78 is 1.03. The number of Topliss-reactive ketones (excluding diaryl/α,β-unsaturated/α-hetero) is 2. The Bertz CT molecular complexity index is 1090. The first-order valence-electron chi connectivity index (χ1n) is 15.9. The van der Waals surface area contributed by atoms with E-state index in [4.69, 9.17) is 0 Å². The van der Waals surface area contributed by atoms with Crippen LogP contribution in [0.3, 0.4) is 0 Å². The van der Waals surface area contributed by atoms with Gasteiger partial charge in [0.15, 0.2) is 11.6 Å². The highest BCUT2D eigenvalue weighted by molar-refractivity contribution is 5.87. The minimum atomic E-state index is 0. The second-order valence-corrected chi connectivity index (χ2v) is 12.3. The highest BCUT2D eigenvalue weighted by atomic mass is 127. The molecule has 0 saturated carbocycles. The van der Waals surface area contributed by atoms with Crippen molar-refractivity contribution in [2.24, 2.45) is 0 Å². The van der Waals surface area contributed by atoms with Crippen LogP contribution in [0.5, 0.6) is 0 Å². The Kier molecular flexibility index (Phi) is 19.0.